The summed E-state index contributed by atoms with van der Waals surface area (Å²) in [6.45, 7) is 79.4. The fourth-order valence-corrected chi connectivity index (χ4v) is 12.1. The average molecular weight is 1280 g/mol. The lowest BCUT2D eigenvalue weighted by Crippen LogP contribution is -2.54. The third-order valence-electron chi connectivity index (χ3n) is 19.0. The van der Waals surface area contributed by atoms with E-state index in [0.29, 0.717) is 38.6 Å². The minimum Gasteiger partial charge on any atom is -0.357 e. The number of piperidine rings is 2. The van der Waals surface area contributed by atoms with E-state index in [0.717, 1.165) is 11.9 Å². The van der Waals surface area contributed by atoms with Crippen molar-refractivity contribution in [2.45, 2.75) is 274 Å². The maximum atomic E-state index is 4.14. The summed E-state index contributed by atoms with van der Waals surface area (Å²) in [7, 11) is 15.2. The summed E-state index contributed by atoms with van der Waals surface area (Å²) in [5.41, 5.74) is 3.98. The standard InChI is InChI=1S/C12H27N3.C11H24N2.2C10H22N2.C9H15N.C9H19N.C8H12N2.C8H17N/c1-12(2,3)15-10-8-14(9-11-15)7-6-13(4)5;1-11(2,3)13-8-6-10(7-9-13)12(4)5;2*1-10(2,3)12-7-5-6-11(4)8-9-12;1-9(2,3)8-5-6-10(4)7-8;1-9(2,3)10-7-5-4-6-8-10;1-8(2,3)7-9-5-4-6-10-7;1-8(2,3)9-6-4-5-7-9/h6-11H2,1-5H3;10H,6-9H2,1-5H3;2*5-9H2,1-4H3;5-7H,1-4H3;4-8H2,1-3H3;4-6H,1-3H3;4-7H2,1-3H3. The normalized spacial score (nSPS) is 20.5. The number of rotatable bonds is 4. The molecule has 0 spiro atoms. The molecule has 14 heteroatoms. The van der Waals surface area contributed by atoms with Gasteiger partial charge in [-0.2, -0.15) is 0 Å². The predicted octanol–water partition coefficient (Wildman–Crippen LogP) is 13.9. The van der Waals surface area contributed by atoms with E-state index >= 15 is 0 Å². The van der Waals surface area contributed by atoms with Gasteiger partial charge in [0.15, 0.2) is 0 Å². The molecule has 6 aliphatic rings. The molecule has 2 aromatic rings. The summed E-state index contributed by atoms with van der Waals surface area (Å²) in [4.78, 5) is 35.8. The molecule has 0 radical (unpaired) electrons. The van der Waals surface area contributed by atoms with Gasteiger partial charge in [0.1, 0.15) is 5.82 Å². The molecule has 0 bridgehead atoms. The Morgan fingerprint density at radius 1 is 0.385 bits per heavy atom. The molecule has 0 aromatic carbocycles. The van der Waals surface area contributed by atoms with Crippen LogP contribution in [-0.4, -0.2) is 281 Å². The first-order valence-corrected chi connectivity index (χ1v) is 36.4. The van der Waals surface area contributed by atoms with E-state index in [2.05, 4.69) is 302 Å². The number of hydrogen-bond donors (Lipinski definition) is 0. The molecule has 536 valence electrons. The highest BCUT2D eigenvalue weighted by Gasteiger charge is 2.30. The number of aromatic nitrogens is 3. The summed E-state index contributed by atoms with van der Waals surface area (Å²) in [6, 6.07) is 4.80. The summed E-state index contributed by atoms with van der Waals surface area (Å²) in [6.07, 6.45) is 20.1. The molecule has 6 fully saturated rings. The van der Waals surface area contributed by atoms with E-state index in [1.54, 1.807) is 12.4 Å². The Morgan fingerprint density at radius 3 is 1.00 bits per heavy atom. The monoisotopic (exact) mass is 1280 g/mol. The van der Waals surface area contributed by atoms with Crippen molar-refractivity contribution < 1.29 is 0 Å². The molecule has 91 heavy (non-hydrogen) atoms. The molecule has 0 N–H and O–H groups in total. The van der Waals surface area contributed by atoms with Crippen molar-refractivity contribution in [1.82, 2.24) is 68.4 Å². The number of likely N-dealkylation sites (N-methyl/N-ethyl adjacent to an activating group) is 3. The number of hydrogen-bond acceptors (Lipinski definition) is 13. The minimum absolute atomic E-state index is 0.0707. The fraction of sp³-hybridized carbons (Fsp3) is 0.896. The van der Waals surface area contributed by atoms with Crippen LogP contribution in [0.4, 0.5) is 0 Å². The third kappa shape index (κ3) is 39.1. The van der Waals surface area contributed by atoms with Gasteiger partial charge in [-0.1, -0.05) is 48.0 Å². The maximum absolute atomic E-state index is 4.14. The van der Waals surface area contributed by atoms with Gasteiger partial charge >= 0.3 is 0 Å². The van der Waals surface area contributed by atoms with E-state index in [9.17, 15) is 0 Å². The van der Waals surface area contributed by atoms with Gasteiger partial charge in [0.25, 0.3) is 0 Å². The molecule has 0 atom stereocenters. The van der Waals surface area contributed by atoms with Crippen LogP contribution in [0.5, 0.6) is 0 Å². The maximum Gasteiger partial charge on any atom is 0.133 e. The van der Waals surface area contributed by atoms with E-state index in [1.807, 2.05) is 6.07 Å². The Labute approximate surface area is 568 Å². The molecule has 0 amide bonds. The second-order valence-electron chi connectivity index (χ2n) is 36.0. The zero-order valence-electron chi connectivity index (χ0n) is 66.8. The van der Waals surface area contributed by atoms with E-state index in [4.69, 9.17) is 0 Å². The number of piperazine rings is 1. The molecule has 8 heterocycles. The summed E-state index contributed by atoms with van der Waals surface area (Å²) in [5, 5.41) is 0. The van der Waals surface area contributed by atoms with Crippen LogP contribution in [0.25, 0.3) is 0 Å². The number of aryl methyl sites for hydroxylation is 1. The van der Waals surface area contributed by atoms with Crippen LogP contribution in [0, 0.1) is 0 Å². The van der Waals surface area contributed by atoms with Crippen molar-refractivity contribution in [2.24, 2.45) is 7.05 Å². The summed E-state index contributed by atoms with van der Waals surface area (Å²) in [5.74, 6) is 0.898. The van der Waals surface area contributed by atoms with Crippen molar-refractivity contribution >= 4 is 0 Å². The van der Waals surface area contributed by atoms with Gasteiger partial charge in [-0.05, 0) is 294 Å². The predicted molar refractivity (Wildman–Crippen MR) is 402 cm³/mol. The largest absolute Gasteiger partial charge is 0.357 e. The van der Waals surface area contributed by atoms with Crippen molar-refractivity contribution in [3.05, 3.63) is 48.3 Å². The summed E-state index contributed by atoms with van der Waals surface area (Å²) >= 11 is 0. The lowest BCUT2D eigenvalue weighted by molar-refractivity contribution is 0.0597. The van der Waals surface area contributed by atoms with Gasteiger partial charge in [0, 0.05) is 155 Å². The van der Waals surface area contributed by atoms with Crippen LogP contribution < -0.4 is 0 Å². The number of nitrogens with zero attached hydrogens (tertiary/aromatic N) is 14. The van der Waals surface area contributed by atoms with Crippen LogP contribution in [0.15, 0.2) is 36.9 Å². The van der Waals surface area contributed by atoms with Crippen LogP contribution in [0.2, 0.25) is 0 Å². The van der Waals surface area contributed by atoms with Crippen LogP contribution in [0.3, 0.4) is 0 Å². The zero-order valence-corrected chi connectivity index (χ0v) is 66.8. The molecule has 0 unspecified atom stereocenters. The Kier molecular flexibility index (Phi) is 38.8. The van der Waals surface area contributed by atoms with Crippen LogP contribution in [0.1, 0.15) is 235 Å². The quantitative estimate of drug-likeness (QED) is 0.292. The molecule has 0 saturated carbocycles. The van der Waals surface area contributed by atoms with Gasteiger partial charge in [-0.15, -0.1) is 0 Å². The molecule has 14 nitrogen and oxygen atoms in total. The second kappa shape index (κ2) is 40.6. The van der Waals surface area contributed by atoms with Crippen LogP contribution >= 0.6 is 0 Å². The lowest BCUT2D eigenvalue weighted by atomic mass is 9.89. The first-order valence-electron chi connectivity index (χ1n) is 36.4. The molecule has 8 rings (SSSR count). The lowest BCUT2D eigenvalue weighted by Gasteiger charge is -2.42. The average Bonchev–Trinajstić information content (AvgIpc) is 2.64. The van der Waals surface area contributed by atoms with Gasteiger partial charge in [-0.25, -0.2) is 9.97 Å². The fourth-order valence-electron chi connectivity index (χ4n) is 12.1. The van der Waals surface area contributed by atoms with Crippen molar-refractivity contribution in [3.8, 4) is 0 Å². The Bertz CT molecular complexity index is 2060. The smallest absolute Gasteiger partial charge is 0.133 e. The Balaban J connectivity index is 0.000000522. The van der Waals surface area contributed by atoms with Gasteiger partial charge in [0.05, 0.1) is 0 Å². The highest BCUT2D eigenvalue weighted by atomic mass is 15.3. The van der Waals surface area contributed by atoms with E-state index in [1.165, 1.54) is 194 Å². The molecule has 2 aromatic heterocycles. The highest BCUT2D eigenvalue weighted by molar-refractivity contribution is 5.19. The van der Waals surface area contributed by atoms with Gasteiger partial charge in [-0.3, -0.25) is 34.3 Å². The zero-order chi connectivity index (χ0) is 69.8. The molecular weight excluding hydrogens is 1120 g/mol. The van der Waals surface area contributed by atoms with Gasteiger partial charge < -0.3 is 24.2 Å². The summed E-state index contributed by atoms with van der Waals surface area (Å²) < 4.78 is 2.08. The minimum atomic E-state index is 0.0707. The molecular formula is C77H158N14. The van der Waals surface area contributed by atoms with E-state index in [-0.39, 0.29) is 5.41 Å². The van der Waals surface area contributed by atoms with Crippen LogP contribution in [-0.2, 0) is 17.9 Å². The first kappa shape index (κ1) is 86.9. The number of likely N-dealkylation sites (tertiary alicyclic amines) is 3. The first-order chi connectivity index (χ1) is 41.6. The Hall–Kier alpha value is -2.08. The Morgan fingerprint density at radius 2 is 0.714 bits per heavy atom. The molecule has 6 aliphatic heterocycles. The molecule has 0 aliphatic carbocycles. The highest BCUT2D eigenvalue weighted by Crippen LogP contribution is 2.25. The SMILES string of the molecule is CC(C)(C)N1CCCC1.CC(C)(C)N1CCCCC1.CC(C)(C)c1ncccn1.CN(C)C1CCN(C(C)(C)C)CC1.CN(C)CCN1CCN(C(C)(C)C)CC1.CN1CCCN(C(C)(C)C)CC1.CN1CCCN(C(C)(C)C)CC1.Cn1ccc(C(C)(C)C)c1. The molecule has 6 saturated heterocycles. The van der Waals surface area contributed by atoms with Crippen molar-refractivity contribution in [2.75, 3.05) is 173 Å². The van der Waals surface area contributed by atoms with Crippen molar-refractivity contribution in [1.29, 1.82) is 0 Å². The topological polar surface area (TPSA) is 66.4 Å². The van der Waals surface area contributed by atoms with Gasteiger partial charge in [0.2, 0.25) is 0 Å². The van der Waals surface area contributed by atoms with E-state index < -0.39 is 0 Å². The van der Waals surface area contributed by atoms with Crippen molar-refractivity contribution in [3.63, 3.8) is 0 Å². The second-order valence-corrected chi connectivity index (χ2v) is 36.0. The third-order valence-corrected chi connectivity index (χ3v) is 19.0.